The topological polar surface area (TPSA) is 51.7 Å². The lowest BCUT2D eigenvalue weighted by atomic mass is 10.1. The van der Waals surface area contributed by atoms with Crippen molar-refractivity contribution < 1.29 is 10.6 Å². The summed E-state index contributed by atoms with van der Waals surface area (Å²) < 4.78 is 0. The Morgan fingerprint density at radius 2 is 2.00 bits per heavy atom. The number of aryl methyl sites for hydroxylation is 2. The molecule has 1 rings (SSSR count). The van der Waals surface area contributed by atoms with E-state index in [1.807, 2.05) is 6.07 Å². The van der Waals surface area contributed by atoms with Gasteiger partial charge in [-0.1, -0.05) is 31.0 Å². The van der Waals surface area contributed by atoms with Crippen LogP contribution in [0.1, 0.15) is 30.9 Å². The van der Waals surface area contributed by atoms with Crippen molar-refractivity contribution in [2.75, 3.05) is 0 Å². The molecule has 0 fully saturated rings. The zero-order chi connectivity index (χ0) is 8.97. The molecule has 0 heterocycles. The first kappa shape index (κ1) is 12.0. The van der Waals surface area contributed by atoms with Crippen LogP contribution < -0.4 is 0 Å². The first-order valence-corrected chi connectivity index (χ1v) is 4.52. The number of hydrogen-bond acceptors (Lipinski definition) is 1. The number of phenolic OH excluding ortho intramolecular Hbond substituents is 1. The molecule has 13 heavy (non-hydrogen) atoms. The van der Waals surface area contributed by atoms with E-state index in [2.05, 4.69) is 19.9 Å². The van der Waals surface area contributed by atoms with Crippen LogP contribution in [0.3, 0.4) is 0 Å². The molecule has 2 nitrogen and oxygen atoms in total. The molecular weight excluding hydrogens is 164 g/mol. The fourth-order valence-corrected chi connectivity index (χ4v) is 1.28. The average molecular weight is 182 g/mol. The van der Waals surface area contributed by atoms with Crippen molar-refractivity contribution in [1.82, 2.24) is 0 Å². The van der Waals surface area contributed by atoms with Gasteiger partial charge in [-0.15, -0.1) is 0 Å². The highest BCUT2D eigenvalue weighted by Gasteiger charge is 1.99. The summed E-state index contributed by atoms with van der Waals surface area (Å²) in [5.74, 6) is 0.439. The standard InChI is InChI=1S/C11H16O.H2O/c1-3-4-5-10-8-9(2)6-7-11(10)12;/h6-8,12H,3-5H2,1-2H3;1H2. The third kappa shape index (κ3) is 3.47. The van der Waals surface area contributed by atoms with E-state index < -0.39 is 0 Å². The molecule has 0 aromatic heterocycles. The van der Waals surface area contributed by atoms with Crippen molar-refractivity contribution in [3.05, 3.63) is 29.3 Å². The minimum Gasteiger partial charge on any atom is -0.508 e. The van der Waals surface area contributed by atoms with E-state index in [1.54, 1.807) is 6.07 Å². The molecule has 0 bridgehead atoms. The van der Waals surface area contributed by atoms with E-state index in [0.29, 0.717) is 5.75 Å². The Morgan fingerprint density at radius 1 is 1.31 bits per heavy atom. The van der Waals surface area contributed by atoms with Crippen LogP contribution in [0.2, 0.25) is 0 Å². The predicted molar refractivity (Wildman–Crippen MR) is 55.1 cm³/mol. The van der Waals surface area contributed by atoms with E-state index in [4.69, 9.17) is 0 Å². The van der Waals surface area contributed by atoms with Crippen LogP contribution in [0, 0.1) is 6.92 Å². The van der Waals surface area contributed by atoms with Gasteiger partial charge < -0.3 is 10.6 Å². The van der Waals surface area contributed by atoms with Crippen molar-refractivity contribution in [3.63, 3.8) is 0 Å². The van der Waals surface area contributed by atoms with Gasteiger partial charge >= 0.3 is 0 Å². The lowest BCUT2D eigenvalue weighted by Gasteiger charge is -2.04. The van der Waals surface area contributed by atoms with Gasteiger partial charge in [-0.2, -0.15) is 0 Å². The molecule has 0 spiro atoms. The molecular formula is C11H18O2. The van der Waals surface area contributed by atoms with E-state index >= 15 is 0 Å². The van der Waals surface area contributed by atoms with Crippen LogP contribution in [-0.4, -0.2) is 10.6 Å². The normalized spacial score (nSPS) is 9.38. The second-order valence-electron chi connectivity index (χ2n) is 3.24. The number of unbranched alkanes of at least 4 members (excludes halogenated alkanes) is 1. The highest BCUT2D eigenvalue weighted by molar-refractivity contribution is 5.35. The number of aromatic hydroxyl groups is 1. The lowest BCUT2D eigenvalue weighted by molar-refractivity contribution is 0.466. The van der Waals surface area contributed by atoms with Crippen LogP contribution in [0.25, 0.3) is 0 Å². The summed E-state index contributed by atoms with van der Waals surface area (Å²) in [5.41, 5.74) is 2.30. The summed E-state index contributed by atoms with van der Waals surface area (Å²) in [4.78, 5) is 0. The third-order valence-corrected chi connectivity index (χ3v) is 2.03. The molecule has 74 valence electrons. The van der Waals surface area contributed by atoms with Gasteiger partial charge in [0.1, 0.15) is 5.75 Å². The highest BCUT2D eigenvalue weighted by Crippen LogP contribution is 2.19. The maximum absolute atomic E-state index is 9.46. The first-order chi connectivity index (χ1) is 5.74. The van der Waals surface area contributed by atoms with Crippen LogP contribution in [-0.2, 0) is 6.42 Å². The Kier molecular flexibility index (Phi) is 5.16. The van der Waals surface area contributed by atoms with Crippen LogP contribution in [0.4, 0.5) is 0 Å². The molecule has 0 aliphatic carbocycles. The Morgan fingerprint density at radius 3 is 2.62 bits per heavy atom. The minimum atomic E-state index is 0. The highest BCUT2D eigenvalue weighted by atomic mass is 16.3. The molecule has 0 radical (unpaired) electrons. The second kappa shape index (κ2) is 5.60. The smallest absolute Gasteiger partial charge is 0.118 e. The van der Waals surface area contributed by atoms with Crippen LogP contribution in [0.5, 0.6) is 5.75 Å². The third-order valence-electron chi connectivity index (χ3n) is 2.03. The number of hydrogen-bond donors (Lipinski definition) is 1. The van der Waals surface area contributed by atoms with Gasteiger partial charge in [-0.25, -0.2) is 0 Å². The van der Waals surface area contributed by atoms with Gasteiger partial charge in [0, 0.05) is 0 Å². The summed E-state index contributed by atoms with van der Waals surface area (Å²) in [7, 11) is 0. The van der Waals surface area contributed by atoms with Crippen molar-refractivity contribution in [2.45, 2.75) is 33.1 Å². The summed E-state index contributed by atoms with van der Waals surface area (Å²) >= 11 is 0. The first-order valence-electron chi connectivity index (χ1n) is 4.52. The van der Waals surface area contributed by atoms with Crippen molar-refractivity contribution in [3.8, 4) is 5.75 Å². The van der Waals surface area contributed by atoms with Gasteiger partial charge in [0.05, 0.1) is 0 Å². The molecule has 1 aromatic carbocycles. The molecule has 0 saturated carbocycles. The molecule has 2 heteroatoms. The summed E-state index contributed by atoms with van der Waals surface area (Å²) in [5, 5.41) is 9.46. The van der Waals surface area contributed by atoms with Gasteiger partial charge in [0.2, 0.25) is 0 Å². The molecule has 0 aliphatic rings. The van der Waals surface area contributed by atoms with E-state index in [1.165, 1.54) is 12.0 Å². The predicted octanol–water partition coefficient (Wildman–Crippen LogP) is 2.22. The quantitative estimate of drug-likeness (QED) is 0.765. The van der Waals surface area contributed by atoms with Gasteiger partial charge in [-0.3, -0.25) is 0 Å². The lowest BCUT2D eigenvalue weighted by Crippen LogP contribution is -1.86. The molecule has 0 aliphatic heterocycles. The maximum Gasteiger partial charge on any atom is 0.118 e. The monoisotopic (exact) mass is 182 g/mol. The van der Waals surface area contributed by atoms with Gasteiger partial charge in [-0.05, 0) is 31.4 Å². The maximum atomic E-state index is 9.46. The molecule has 3 N–H and O–H groups in total. The van der Waals surface area contributed by atoms with E-state index in [9.17, 15) is 5.11 Å². The molecule has 0 unspecified atom stereocenters. The number of phenols is 1. The number of rotatable bonds is 3. The summed E-state index contributed by atoms with van der Waals surface area (Å²) in [6, 6.07) is 5.77. The Bertz CT molecular complexity index is 256. The number of benzene rings is 1. The summed E-state index contributed by atoms with van der Waals surface area (Å²) in [6.07, 6.45) is 3.31. The average Bonchev–Trinajstić information content (AvgIpc) is 2.07. The Balaban J connectivity index is 0.00000144. The minimum absolute atomic E-state index is 0. The SMILES string of the molecule is CCCCc1cc(C)ccc1O.O. The fourth-order valence-electron chi connectivity index (χ4n) is 1.28. The second-order valence-corrected chi connectivity index (χ2v) is 3.24. The van der Waals surface area contributed by atoms with Gasteiger partial charge in [0.15, 0.2) is 0 Å². The van der Waals surface area contributed by atoms with Crippen molar-refractivity contribution >= 4 is 0 Å². The van der Waals surface area contributed by atoms with Crippen LogP contribution in [0.15, 0.2) is 18.2 Å². The zero-order valence-corrected chi connectivity index (χ0v) is 8.30. The largest absolute Gasteiger partial charge is 0.508 e. The van der Waals surface area contributed by atoms with E-state index in [-0.39, 0.29) is 5.48 Å². The van der Waals surface area contributed by atoms with Crippen LogP contribution >= 0.6 is 0 Å². The molecule has 1 aromatic rings. The van der Waals surface area contributed by atoms with Crippen molar-refractivity contribution in [1.29, 1.82) is 0 Å². The molecule has 0 amide bonds. The zero-order valence-electron chi connectivity index (χ0n) is 8.30. The Labute approximate surface area is 79.5 Å². The Hall–Kier alpha value is -1.02. The summed E-state index contributed by atoms with van der Waals surface area (Å²) in [6.45, 7) is 4.21. The van der Waals surface area contributed by atoms with Crippen molar-refractivity contribution in [2.24, 2.45) is 0 Å². The fraction of sp³-hybridized carbons (Fsp3) is 0.455. The van der Waals surface area contributed by atoms with Gasteiger partial charge in [0.25, 0.3) is 0 Å². The van der Waals surface area contributed by atoms with E-state index in [0.717, 1.165) is 18.4 Å². The molecule has 0 saturated heterocycles. The molecule has 0 atom stereocenters.